The smallest absolute Gasteiger partial charge is 0.103 e. The van der Waals surface area contributed by atoms with Crippen molar-refractivity contribution < 1.29 is 0 Å². The van der Waals surface area contributed by atoms with Crippen molar-refractivity contribution in [1.29, 1.82) is 10.5 Å². The Balaban J connectivity index is 2.31. The van der Waals surface area contributed by atoms with Crippen LogP contribution in [0, 0.1) is 36.5 Å². The summed E-state index contributed by atoms with van der Waals surface area (Å²) in [7, 11) is 1.97. The van der Waals surface area contributed by atoms with E-state index in [2.05, 4.69) is 60.9 Å². The maximum atomic E-state index is 9.54. The molecule has 1 atom stereocenters. The fourth-order valence-corrected chi connectivity index (χ4v) is 3.31. The number of rotatable bonds is 1. The van der Waals surface area contributed by atoms with E-state index in [1.54, 1.807) is 12.1 Å². The minimum absolute atomic E-state index is 0.0352. The average Bonchev–Trinajstić information content (AvgIpc) is 2.80. The van der Waals surface area contributed by atoms with Crippen molar-refractivity contribution in [3.8, 4) is 12.1 Å². The normalized spacial score (nSPS) is 16.0. The second kappa shape index (κ2) is 5.34. The van der Waals surface area contributed by atoms with Gasteiger partial charge in [-0.25, -0.2) is 0 Å². The molecular weight excluding hydrogens is 284 g/mol. The van der Waals surface area contributed by atoms with Crippen molar-refractivity contribution in [2.45, 2.75) is 26.9 Å². The molecule has 0 spiro atoms. The number of benzene rings is 2. The predicted molar refractivity (Wildman–Crippen MR) is 91.8 cm³/mol. The maximum Gasteiger partial charge on any atom is 0.103 e. The third-order valence-corrected chi connectivity index (χ3v) is 4.53. The molecule has 0 fully saturated rings. The van der Waals surface area contributed by atoms with E-state index in [1.165, 1.54) is 5.56 Å². The van der Waals surface area contributed by atoms with Gasteiger partial charge in [-0.3, -0.25) is 0 Å². The first-order valence-corrected chi connectivity index (χ1v) is 7.56. The summed E-state index contributed by atoms with van der Waals surface area (Å²) in [5.74, 6) is 0. The molecule has 2 aromatic rings. The molecule has 0 saturated heterocycles. The van der Waals surface area contributed by atoms with Crippen LogP contribution in [-0.4, -0.2) is 13.2 Å². The van der Waals surface area contributed by atoms with Gasteiger partial charge >= 0.3 is 0 Å². The van der Waals surface area contributed by atoms with Crippen LogP contribution in [0.15, 0.2) is 30.3 Å². The van der Waals surface area contributed by atoms with Crippen molar-refractivity contribution in [2.24, 2.45) is 0 Å². The van der Waals surface area contributed by atoms with Gasteiger partial charge in [-0.05, 0) is 44.5 Å². The summed E-state index contributed by atoms with van der Waals surface area (Å²) < 4.78 is 0. The first-order valence-electron chi connectivity index (χ1n) is 7.56. The van der Waals surface area contributed by atoms with Gasteiger partial charge in [0.05, 0.1) is 22.5 Å². The predicted octanol–water partition coefficient (Wildman–Crippen LogP) is 3.98. The first kappa shape index (κ1) is 14.9. The maximum absolute atomic E-state index is 9.54. The zero-order valence-electron chi connectivity index (χ0n) is 13.8. The molecule has 2 aromatic carbocycles. The highest BCUT2D eigenvalue weighted by atomic mass is 15.4. The topological polar surface area (TPSA) is 54.1 Å². The van der Waals surface area contributed by atoms with Crippen LogP contribution in [0.4, 0.5) is 17.1 Å². The molecule has 0 saturated carbocycles. The molecule has 0 unspecified atom stereocenters. The highest BCUT2D eigenvalue weighted by Gasteiger charge is 2.36. The summed E-state index contributed by atoms with van der Waals surface area (Å²) in [6, 6.07) is 14.3. The number of anilines is 3. The van der Waals surface area contributed by atoms with Gasteiger partial charge in [0, 0.05) is 12.7 Å². The molecule has 0 bridgehead atoms. The minimum Gasteiger partial charge on any atom is -0.351 e. The largest absolute Gasteiger partial charge is 0.351 e. The molecule has 23 heavy (non-hydrogen) atoms. The summed E-state index contributed by atoms with van der Waals surface area (Å²) in [6.07, 6.45) is 0.0352. The fraction of sp³-hybridized carbons (Fsp3) is 0.263. The molecular formula is C19H18N4. The van der Waals surface area contributed by atoms with Gasteiger partial charge in [-0.15, -0.1) is 0 Å². The van der Waals surface area contributed by atoms with E-state index in [0.29, 0.717) is 11.1 Å². The number of hydrogen-bond acceptors (Lipinski definition) is 4. The lowest BCUT2D eigenvalue weighted by atomic mass is 10.0. The van der Waals surface area contributed by atoms with E-state index in [0.717, 1.165) is 22.6 Å². The van der Waals surface area contributed by atoms with Crippen molar-refractivity contribution in [1.82, 2.24) is 0 Å². The van der Waals surface area contributed by atoms with Crippen molar-refractivity contribution in [2.75, 3.05) is 16.8 Å². The monoisotopic (exact) mass is 302 g/mol. The SMILES string of the molecule is Cc1ccc(N2c3c(C#N)ccc(C#N)c3N(C)[C@@H]2C)c(C)c1. The van der Waals surface area contributed by atoms with Crippen molar-refractivity contribution in [3.05, 3.63) is 52.6 Å². The second-order valence-corrected chi connectivity index (χ2v) is 5.98. The molecule has 1 aliphatic rings. The van der Waals surface area contributed by atoms with E-state index in [4.69, 9.17) is 0 Å². The Hall–Kier alpha value is -2.98. The van der Waals surface area contributed by atoms with E-state index in [9.17, 15) is 10.5 Å². The molecule has 0 aliphatic carbocycles. The summed E-state index contributed by atoms with van der Waals surface area (Å²) >= 11 is 0. The van der Waals surface area contributed by atoms with Gasteiger partial charge in [0.15, 0.2) is 0 Å². The quantitative estimate of drug-likeness (QED) is 0.799. The van der Waals surface area contributed by atoms with Crippen LogP contribution < -0.4 is 9.80 Å². The van der Waals surface area contributed by atoms with Crippen LogP contribution >= 0.6 is 0 Å². The van der Waals surface area contributed by atoms with E-state index in [-0.39, 0.29) is 6.17 Å². The Kier molecular flexibility index (Phi) is 3.47. The Morgan fingerprint density at radius 3 is 2.13 bits per heavy atom. The van der Waals surface area contributed by atoms with Gasteiger partial charge in [-0.1, -0.05) is 17.7 Å². The zero-order valence-corrected chi connectivity index (χ0v) is 13.8. The molecule has 4 nitrogen and oxygen atoms in total. The third-order valence-electron chi connectivity index (χ3n) is 4.53. The Morgan fingerprint density at radius 1 is 0.957 bits per heavy atom. The van der Waals surface area contributed by atoms with Crippen molar-refractivity contribution in [3.63, 3.8) is 0 Å². The molecule has 3 rings (SSSR count). The van der Waals surface area contributed by atoms with E-state index < -0.39 is 0 Å². The van der Waals surface area contributed by atoms with Crippen LogP contribution in [0.1, 0.15) is 29.2 Å². The molecule has 1 heterocycles. The van der Waals surface area contributed by atoms with Gasteiger partial charge in [0.25, 0.3) is 0 Å². The van der Waals surface area contributed by atoms with Crippen LogP contribution in [0.25, 0.3) is 0 Å². The van der Waals surface area contributed by atoms with Gasteiger partial charge < -0.3 is 9.80 Å². The van der Waals surface area contributed by atoms with Gasteiger partial charge in [0.1, 0.15) is 18.3 Å². The number of hydrogen-bond donors (Lipinski definition) is 0. The lowest BCUT2D eigenvalue weighted by Crippen LogP contribution is -2.36. The number of fused-ring (bicyclic) bond motifs is 1. The molecule has 4 heteroatoms. The van der Waals surface area contributed by atoms with Gasteiger partial charge in [0.2, 0.25) is 0 Å². The number of aryl methyl sites for hydroxylation is 2. The highest BCUT2D eigenvalue weighted by Crippen LogP contribution is 2.47. The minimum atomic E-state index is 0.0352. The molecule has 0 radical (unpaired) electrons. The lowest BCUT2D eigenvalue weighted by Gasteiger charge is -2.29. The lowest BCUT2D eigenvalue weighted by molar-refractivity contribution is 0.732. The number of nitriles is 2. The standard InChI is InChI=1S/C19H18N4/c1-12-5-8-17(13(2)9-12)23-14(3)22(4)18-15(10-20)6-7-16(11-21)19(18)23/h5-9,14H,1-4H3/t14-/m0/s1. The van der Waals surface area contributed by atoms with Crippen LogP contribution in [-0.2, 0) is 0 Å². The molecule has 0 N–H and O–H groups in total. The van der Waals surface area contributed by atoms with E-state index >= 15 is 0 Å². The van der Waals surface area contributed by atoms with Crippen LogP contribution in [0.5, 0.6) is 0 Å². The first-order chi connectivity index (χ1) is 11.0. The van der Waals surface area contributed by atoms with Crippen molar-refractivity contribution >= 4 is 17.1 Å². The summed E-state index contributed by atoms with van der Waals surface area (Å²) in [5.41, 5.74) is 6.28. The van der Waals surface area contributed by atoms with Crippen LogP contribution in [0.2, 0.25) is 0 Å². The molecule has 1 aliphatic heterocycles. The molecule has 114 valence electrons. The van der Waals surface area contributed by atoms with Crippen LogP contribution in [0.3, 0.4) is 0 Å². The average molecular weight is 302 g/mol. The fourth-order valence-electron chi connectivity index (χ4n) is 3.31. The van der Waals surface area contributed by atoms with E-state index in [1.807, 2.05) is 7.05 Å². The second-order valence-electron chi connectivity index (χ2n) is 5.98. The summed E-state index contributed by atoms with van der Waals surface area (Å²) in [5, 5.41) is 19.0. The summed E-state index contributed by atoms with van der Waals surface area (Å²) in [6.45, 7) is 6.23. The zero-order chi connectivity index (χ0) is 16.7. The molecule has 0 amide bonds. The number of nitrogens with zero attached hydrogens (tertiary/aromatic N) is 4. The Morgan fingerprint density at radius 2 is 1.57 bits per heavy atom. The van der Waals surface area contributed by atoms with Gasteiger partial charge in [-0.2, -0.15) is 10.5 Å². The summed E-state index contributed by atoms with van der Waals surface area (Å²) in [4.78, 5) is 4.22. The molecule has 0 aromatic heterocycles. The third kappa shape index (κ3) is 2.12. The highest BCUT2D eigenvalue weighted by molar-refractivity contribution is 5.91. The Labute approximate surface area is 136 Å². The Bertz CT molecular complexity index is 870.